The molecule has 0 saturated heterocycles. The van der Waals surface area contributed by atoms with E-state index in [-0.39, 0.29) is 5.96 Å². The zero-order valence-corrected chi connectivity index (χ0v) is 7.57. The Morgan fingerprint density at radius 2 is 2.14 bits per heavy atom. The van der Waals surface area contributed by atoms with Crippen LogP contribution in [0.3, 0.4) is 0 Å². The first-order valence-corrected chi connectivity index (χ1v) is 4.25. The maximum Gasteiger partial charge on any atom is 0.186 e. The first-order valence-electron chi connectivity index (χ1n) is 4.25. The van der Waals surface area contributed by atoms with Crippen LogP contribution in [0.1, 0.15) is 5.82 Å². The molecule has 0 amide bonds. The molecule has 0 spiro atoms. The molecule has 5 heteroatoms. The molecule has 0 radical (unpaired) electrons. The Balaban J connectivity index is 2.31. The van der Waals surface area contributed by atoms with Crippen molar-refractivity contribution >= 4 is 17.0 Å². The zero-order chi connectivity index (χ0) is 9.97. The Morgan fingerprint density at radius 1 is 1.36 bits per heavy atom. The molecule has 5 N–H and O–H groups in total. The van der Waals surface area contributed by atoms with Gasteiger partial charge in [-0.2, -0.15) is 0 Å². The summed E-state index contributed by atoms with van der Waals surface area (Å²) in [5.74, 6) is 0.838. The van der Waals surface area contributed by atoms with Crippen molar-refractivity contribution in [2.24, 2.45) is 16.5 Å². The lowest BCUT2D eigenvalue weighted by atomic mass is 10.3. The van der Waals surface area contributed by atoms with Crippen molar-refractivity contribution in [2.45, 2.75) is 6.54 Å². The van der Waals surface area contributed by atoms with Gasteiger partial charge in [-0.3, -0.25) is 0 Å². The number of aromatic nitrogens is 2. The van der Waals surface area contributed by atoms with Gasteiger partial charge in [-0.1, -0.05) is 12.1 Å². The number of nitrogens with two attached hydrogens (primary N) is 2. The zero-order valence-electron chi connectivity index (χ0n) is 7.57. The molecule has 0 saturated carbocycles. The minimum atomic E-state index is 0.0745. The van der Waals surface area contributed by atoms with Crippen LogP contribution < -0.4 is 11.5 Å². The Kier molecular flexibility index (Phi) is 2.06. The number of aliphatic imine (C=N–C) groups is 1. The van der Waals surface area contributed by atoms with Crippen LogP contribution in [0, 0.1) is 0 Å². The van der Waals surface area contributed by atoms with Crippen LogP contribution in [0.2, 0.25) is 0 Å². The van der Waals surface area contributed by atoms with Crippen LogP contribution in [0.5, 0.6) is 0 Å². The van der Waals surface area contributed by atoms with Gasteiger partial charge < -0.3 is 16.5 Å². The number of rotatable bonds is 2. The molecular formula is C9H11N5. The molecule has 1 aromatic heterocycles. The van der Waals surface area contributed by atoms with Crippen molar-refractivity contribution in [1.29, 1.82) is 0 Å². The second-order valence-corrected chi connectivity index (χ2v) is 2.94. The first kappa shape index (κ1) is 8.55. The maximum atomic E-state index is 5.22. The largest absolute Gasteiger partial charge is 0.370 e. The van der Waals surface area contributed by atoms with Gasteiger partial charge in [0.1, 0.15) is 12.4 Å². The maximum absolute atomic E-state index is 5.22. The topological polar surface area (TPSA) is 93.1 Å². The summed E-state index contributed by atoms with van der Waals surface area (Å²) in [5.41, 5.74) is 12.4. The van der Waals surface area contributed by atoms with Crippen LogP contribution in [-0.2, 0) is 6.54 Å². The third-order valence-corrected chi connectivity index (χ3v) is 1.85. The summed E-state index contributed by atoms with van der Waals surface area (Å²) >= 11 is 0. The minimum Gasteiger partial charge on any atom is -0.370 e. The molecule has 0 atom stereocenters. The highest BCUT2D eigenvalue weighted by atomic mass is 15.0. The predicted molar refractivity (Wildman–Crippen MR) is 55.6 cm³/mol. The highest BCUT2D eigenvalue weighted by Crippen LogP contribution is 2.10. The fourth-order valence-corrected chi connectivity index (χ4v) is 1.25. The number of nitrogens with zero attached hydrogens (tertiary/aromatic N) is 2. The average molecular weight is 189 g/mol. The third-order valence-electron chi connectivity index (χ3n) is 1.85. The Bertz CT molecular complexity index is 434. The lowest BCUT2D eigenvalue weighted by Crippen LogP contribution is -2.22. The van der Waals surface area contributed by atoms with E-state index < -0.39 is 0 Å². The summed E-state index contributed by atoms with van der Waals surface area (Å²) in [7, 11) is 0. The number of H-pyrrole nitrogens is 1. The van der Waals surface area contributed by atoms with Crippen molar-refractivity contribution in [3.8, 4) is 0 Å². The standard InChI is InChI=1S/C9H11N5/c10-9(11)12-5-8-13-6-3-1-2-4-7(6)14-8/h1-4H,5H2,(H,13,14)(H4,10,11,12). The lowest BCUT2D eigenvalue weighted by Gasteiger charge is -1.89. The van der Waals surface area contributed by atoms with E-state index in [9.17, 15) is 0 Å². The van der Waals surface area contributed by atoms with E-state index in [1.165, 1.54) is 0 Å². The molecule has 72 valence electrons. The summed E-state index contributed by atoms with van der Waals surface area (Å²) in [6.45, 7) is 0.386. The number of nitrogens with one attached hydrogen (secondary N) is 1. The monoisotopic (exact) mass is 189 g/mol. The van der Waals surface area contributed by atoms with Gasteiger partial charge >= 0.3 is 0 Å². The van der Waals surface area contributed by atoms with E-state index in [4.69, 9.17) is 11.5 Å². The van der Waals surface area contributed by atoms with Gasteiger partial charge in [0.25, 0.3) is 0 Å². The number of hydrogen-bond donors (Lipinski definition) is 3. The second kappa shape index (κ2) is 3.37. The second-order valence-electron chi connectivity index (χ2n) is 2.94. The van der Waals surface area contributed by atoms with Crippen LogP contribution >= 0.6 is 0 Å². The molecule has 0 bridgehead atoms. The summed E-state index contributed by atoms with van der Waals surface area (Å²) in [6, 6.07) is 7.78. The molecule has 2 rings (SSSR count). The molecule has 14 heavy (non-hydrogen) atoms. The summed E-state index contributed by atoms with van der Waals surface area (Å²) in [4.78, 5) is 11.3. The molecule has 2 aromatic rings. The normalized spacial score (nSPS) is 10.3. The van der Waals surface area contributed by atoms with Crippen LogP contribution in [0.4, 0.5) is 0 Å². The third kappa shape index (κ3) is 1.66. The van der Waals surface area contributed by atoms with Crippen LogP contribution in [-0.4, -0.2) is 15.9 Å². The fourth-order valence-electron chi connectivity index (χ4n) is 1.25. The van der Waals surface area contributed by atoms with Gasteiger partial charge in [-0.25, -0.2) is 9.98 Å². The number of guanidine groups is 1. The van der Waals surface area contributed by atoms with Gasteiger partial charge in [-0.05, 0) is 12.1 Å². The summed E-state index contributed by atoms with van der Waals surface area (Å²) in [5, 5.41) is 0. The molecule has 0 aliphatic rings. The number of benzene rings is 1. The van der Waals surface area contributed by atoms with Crippen molar-refractivity contribution in [1.82, 2.24) is 9.97 Å². The molecule has 1 heterocycles. The Morgan fingerprint density at radius 3 is 2.86 bits per heavy atom. The minimum absolute atomic E-state index is 0.0745. The lowest BCUT2D eigenvalue weighted by molar-refractivity contribution is 0.952. The van der Waals surface area contributed by atoms with E-state index in [0.717, 1.165) is 16.9 Å². The van der Waals surface area contributed by atoms with Gasteiger partial charge in [0, 0.05) is 0 Å². The number of fused-ring (bicyclic) bond motifs is 1. The average Bonchev–Trinajstić information content (AvgIpc) is 2.57. The number of imidazole rings is 1. The highest BCUT2D eigenvalue weighted by Gasteiger charge is 1.99. The van der Waals surface area contributed by atoms with Gasteiger partial charge in [0.15, 0.2) is 5.96 Å². The molecule has 1 aromatic carbocycles. The number of para-hydroxylation sites is 2. The van der Waals surface area contributed by atoms with E-state index >= 15 is 0 Å². The Labute approximate surface area is 80.8 Å². The highest BCUT2D eigenvalue weighted by molar-refractivity contribution is 5.76. The molecule has 0 unspecified atom stereocenters. The van der Waals surface area contributed by atoms with Gasteiger partial charge in [-0.15, -0.1) is 0 Å². The summed E-state index contributed by atoms with van der Waals surface area (Å²) in [6.07, 6.45) is 0. The first-order chi connectivity index (χ1) is 6.75. The van der Waals surface area contributed by atoms with E-state index in [1.54, 1.807) is 0 Å². The SMILES string of the molecule is NC(N)=NCc1nc2ccccc2[nH]1. The van der Waals surface area contributed by atoms with Crippen molar-refractivity contribution in [2.75, 3.05) is 0 Å². The number of aromatic amines is 1. The quantitative estimate of drug-likeness (QED) is 0.469. The van der Waals surface area contributed by atoms with E-state index in [1.807, 2.05) is 24.3 Å². The van der Waals surface area contributed by atoms with Crippen molar-refractivity contribution < 1.29 is 0 Å². The molecule has 0 aliphatic heterocycles. The van der Waals surface area contributed by atoms with Gasteiger partial charge in [0.05, 0.1) is 11.0 Å². The molecule has 0 fully saturated rings. The fraction of sp³-hybridized carbons (Fsp3) is 0.111. The van der Waals surface area contributed by atoms with Crippen molar-refractivity contribution in [3.05, 3.63) is 30.1 Å². The summed E-state index contributed by atoms with van der Waals surface area (Å²) < 4.78 is 0. The molecule has 0 aliphatic carbocycles. The Hall–Kier alpha value is -2.04. The number of hydrogen-bond acceptors (Lipinski definition) is 2. The predicted octanol–water partition coefficient (Wildman–Crippen LogP) is 0.336. The van der Waals surface area contributed by atoms with Crippen LogP contribution in [0.25, 0.3) is 11.0 Å². The molecular weight excluding hydrogens is 178 g/mol. The van der Waals surface area contributed by atoms with Crippen molar-refractivity contribution in [3.63, 3.8) is 0 Å². The van der Waals surface area contributed by atoms with Crippen LogP contribution in [0.15, 0.2) is 29.3 Å². The van der Waals surface area contributed by atoms with E-state index in [2.05, 4.69) is 15.0 Å². The smallest absolute Gasteiger partial charge is 0.186 e. The molecule has 5 nitrogen and oxygen atoms in total. The van der Waals surface area contributed by atoms with E-state index in [0.29, 0.717) is 6.54 Å². The van der Waals surface area contributed by atoms with Gasteiger partial charge in [0.2, 0.25) is 0 Å².